The number of rotatable bonds is 4. The van der Waals surface area contributed by atoms with Crippen molar-refractivity contribution in [1.29, 1.82) is 0 Å². The van der Waals surface area contributed by atoms with Crippen LogP contribution in [0.15, 0.2) is 47.9 Å². The highest BCUT2D eigenvalue weighted by Gasteiger charge is 2.58. The largest absolute Gasteiger partial charge is 0.441 e. The maximum absolute atomic E-state index is 12.9. The van der Waals surface area contributed by atoms with Gasteiger partial charge in [0.1, 0.15) is 0 Å². The number of hydrogen-bond donors (Lipinski definition) is 0. The fourth-order valence-electron chi connectivity index (χ4n) is 2.50. The van der Waals surface area contributed by atoms with E-state index < -0.39 is 26.2 Å². The van der Waals surface area contributed by atoms with Crippen LogP contribution in [-0.2, 0) is 19.4 Å². The SMILES string of the molecule is C=CCC1(S(=O)(=O)c2ccccc2)CC(C)(C)C(=O)O1. The summed E-state index contributed by atoms with van der Waals surface area (Å²) in [7, 11) is -3.78. The molecule has 1 aliphatic heterocycles. The van der Waals surface area contributed by atoms with Gasteiger partial charge in [0.15, 0.2) is 0 Å². The molecule has 0 N–H and O–H groups in total. The van der Waals surface area contributed by atoms with Crippen molar-refractivity contribution >= 4 is 15.8 Å². The average molecular weight is 294 g/mol. The van der Waals surface area contributed by atoms with Gasteiger partial charge >= 0.3 is 5.97 Å². The molecular formula is C15H18O4S. The Morgan fingerprint density at radius 3 is 2.35 bits per heavy atom. The summed E-state index contributed by atoms with van der Waals surface area (Å²) in [5.74, 6) is -0.487. The van der Waals surface area contributed by atoms with Gasteiger partial charge in [-0.05, 0) is 26.0 Å². The van der Waals surface area contributed by atoms with Crippen LogP contribution in [0.25, 0.3) is 0 Å². The van der Waals surface area contributed by atoms with E-state index in [4.69, 9.17) is 4.74 Å². The van der Waals surface area contributed by atoms with Crippen LogP contribution in [0.4, 0.5) is 0 Å². The van der Waals surface area contributed by atoms with E-state index >= 15 is 0 Å². The van der Waals surface area contributed by atoms with E-state index in [2.05, 4.69) is 6.58 Å². The number of esters is 1. The molecule has 1 fully saturated rings. The third-order valence-electron chi connectivity index (χ3n) is 3.54. The van der Waals surface area contributed by atoms with Crippen molar-refractivity contribution in [1.82, 2.24) is 0 Å². The number of hydrogen-bond acceptors (Lipinski definition) is 4. The van der Waals surface area contributed by atoms with E-state index in [0.29, 0.717) is 0 Å². The molecule has 5 heteroatoms. The minimum absolute atomic E-state index is 0.0827. The summed E-state index contributed by atoms with van der Waals surface area (Å²) in [4.78, 5) is 10.6. The van der Waals surface area contributed by atoms with Gasteiger partial charge in [-0.1, -0.05) is 24.3 Å². The maximum atomic E-state index is 12.9. The van der Waals surface area contributed by atoms with Crippen LogP contribution < -0.4 is 0 Å². The van der Waals surface area contributed by atoms with Crippen LogP contribution in [0.5, 0.6) is 0 Å². The molecule has 20 heavy (non-hydrogen) atoms. The van der Waals surface area contributed by atoms with Crippen molar-refractivity contribution in [3.8, 4) is 0 Å². The predicted octanol–water partition coefficient (Wildman–Crippen LogP) is 2.71. The van der Waals surface area contributed by atoms with E-state index in [-0.39, 0.29) is 17.7 Å². The van der Waals surface area contributed by atoms with Gasteiger partial charge in [0.2, 0.25) is 14.8 Å². The molecule has 1 aromatic rings. The molecule has 1 saturated heterocycles. The second-order valence-electron chi connectivity index (χ2n) is 5.67. The average Bonchev–Trinajstić information content (AvgIpc) is 2.62. The highest BCUT2D eigenvalue weighted by atomic mass is 32.2. The predicted molar refractivity (Wildman–Crippen MR) is 75.7 cm³/mol. The molecule has 0 saturated carbocycles. The quantitative estimate of drug-likeness (QED) is 0.633. The van der Waals surface area contributed by atoms with Crippen molar-refractivity contribution in [2.45, 2.75) is 36.5 Å². The van der Waals surface area contributed by atoms with Gasteiger partial charge in [-0.3, -0.25) is 4.79 Å². The number of cyclic esters (lactones) is 1. The molecule has 1 atom stereocenters. The number of carbonyl (C=O) groups is 1. The van der Waals surface area contributed by atoms with E-state index in [0.717, 1.165) is 0 Å². The van der Waals surface area contributed by atoms with Crippen molar-refractivity contribution in [3.05, 3.63) is 43.0 Å². The molecule has 1 heterocycles. The van der Waals surface area contributed by atoms with Gasteiger partial charge in [0, 0.05) is 12.8 Å². The zero-order chi connectivity index (χ0) is 15.0. The standard InChI is InChI=1S/C15H18O4S/c1-4-10-15(11-14(2,3)13(16)19-15)20(17,18)12-8-6-5-7-9-12/h4-9H,1,10-11H2,2-3H3. The smallest absolute Gasteiger partial charge is 0.313 e. The molecule has 108 valence electrons. The van der Waals surface area contributed by atoms with Crippen LogP contribution in [0, 0.1) is 5.41 Å². The first-order chi connectivity index (χ1) is 9.25. The van der Waals surface area contributed by atoms with Gasteiger partial charge < -0.3 is 4.74 Å². The summed E-state index contributed by atoms with van der Waals surface area (Å²) in [6, 6.07) is 8.06. The van der Waals surface area contributed by atoms with Crippen LogP contribution in [-0.4, -0.2) is 19.3 Å². The Kier molecular flexibility index (Phi) is 3.50. The number of ether oxygens (including phenoxy) is 1. The second kappa shape index (κ2) is 4.74. The van der Waals surface area contributed by atoms with Crippen LogP contribution in [0.2, 0.25) is 0 Å². The van der Waals surface area contributed by atoms with Gasteiger partial charge in [-0.25, -0.2) is 8.42 Å². The molecular weight excluding hydrogens is 276 g/mol. The van der Waals surface area contributed by atoms with Crippen LogP contribution in [0.1, 0.15) is 26.7 Å². The van der Waals surface area contributed by atoms with E-state index in [9.17, 15) is 13.2 Å². The number of sulfone groups is 1. The zero-order valence-corrected chi connectivity index (χ0v) is 12.4. The zero-order valence-electron chi connectivity index (χ0n) is 11.6. The van der Waals surface area contributed by atoms with Gasteiger partial charge in [-0.15, -0.1) is 6.58 Å². The molecule has 0 aromatic heterocycles. The summed E-state index contributed by atoms with van der Waals surface area (Å²) in [6.07, 6.45) is 1.69. The Labute approximate surface area is 119 Å². The van der Waals surface area contributed by atoms with Crippen LogP contribution >= 0.6 is 0 Å². The van der Waals surface area contributed by atoms with E-state index in [1.54, 1.807) is 32.0 Å². The summed E-state index contributed by atoms with van der Waals surface area (Å²) >= 11 is 0. The molecule has 1 aromatic carbocycles. The maximum Gasteiger partial charge on any atom is 0.313 e. The molecule has 0 radical (unpaired) electrons. The van der Waals surface area contributed by atoms with Crippen molar-refractivity contribution in [3.63, 3.8) is 0 Å². The molecule has 0 aliphatic carbocycles. The number of benzene rings is 1. The lowest BCUT2D eigenvalue weighted by atomic mass is 9.89. The van der Waals surface area contributed by atoms with Gasteiger partial charge in [0.05, 0.1) is 10.3 Å². The minimum Gasteiger partial charge on any atom is -0.441 e. The van der Waals surface area contributed by atoms with E-state index in [1.807, 2.05) is 0 Å². The van der Waals surface area contributed by atoms with Crippen molar-refractivity contribution in [2.75, 3.05) is 0 Å². The summed E-state index contributed by atoms with van der Waals surface area (Å²) in [5.41, 5.74) is -0.815. The monoisotopic (exact) mass is 294 g/mol. The van der Waals surface area contributed by atoms with Crippen LogP contribution in [0.3, 0.4) is 0 Å². The number of carbonyl (C=O) groups excluding carboxylic acids is 1. The molecule has 2 rings (SSSR count). The third kappa shape index (κ3) is 2.16. The van der Waals surface area contributed by atoms with Crippen molar-refractivity contribution in [2.24, 2.45) is 5.41 Å². The fraction of sp³-hybridized carbons (Fsp3) is 0.400. The Balaban J connectivity index is 2.56. The van der Waals surface area contributed by atoms with Crippen molar-refractivity contribution < 1.29 is 17.9 Å². The Morgan fingerprint density at radius 2 is 1.90 bits per heavy atom. The molecule has 4 nitrogen and oxygen atoms in total. The topological polar surface area (TPSA) is 60.4 Å². The molecule has 0 amide bonds. The summed E-state index contributed by atoms with van der Waals surface area (Å²) in [5, 5.41) is 0. The first kappa shape index (κ1) is 14.8. The van der Waals surface area contributed by atoms with Gasteiger partial charge in [-0.2, -0.15) is 0 Å². The lowest BCUT2D eigenvalue weighted by Gasteiger charge is -2.26. The highest BCUT2D eigenvalue weighted by molar-refractivity contribution is 7.92. The first-order valence-corrected chi connectivity index (χ1v) is 7.87. The fourth-order valence-corrected chi connectivity index (χ4v) is 4.51. The normalized spacial score (nSPS) is 25.2. The minimum atomic E-state index is -3.78. The summed E-state index contributed by atoms with van der Waals surface area (Å²) in [6.45, 7) is 6.98. The highest BCUT2D eigenvalue weighted by Crippen LogP contribution is 2.47. The lowest BCUT2D eigenvalue weighted by molar-refractivity contribution is -0.149. The molecule has 0 bridgehead atoms. The summed E-state index contributed by atoms with van der Waals surface area (Å²) < 4.78 is 31.0. The van der Waals surface area contributed by atoms with E-state index in [1.165, 1.54) is 18.2 Å². The molecule has 1 unspecified atom stereocenters. The lowest BCUT2D eigenvalue weighted by Crippen LogP contribution is -2.38. The Hall–Kier alpha value is -1.62. The van der Waals surface area contributed by atoms with Gasteiger partial charge in [0.25, 0.3) is 0 Å². The second-order valence-corrected chi connectivity index (χ2v) is 7.89. The first-order valence-electron chi connectivity index (χ1n) is 6.39. The molecule has 0 spiro atoms. The third-order valence-corrected chi connectivity index (χ3v) is 5.81. The Morgan fingerprint density at radius 1 is 1.30 bits per heavy atom. The Bertz CT molecular complexity index is 631. The molecule has 1 aliphatic rings.